The molecular formula is C12H22N4O2. The van der Waals surface area contributed by atoms with Crippen molar-refractivity contribution in [2.75, 3.05) is 45.1 Å². The van der Waals surface area contributed by atoms with Crippen molar-refractivity contribution in [1.29, 1.82) is 0 Å². The molecule has 1 atom stereocenters. The first kappa shape index (κ1) is 14.7. The van der Waals surface area contributed by atoms with E-state index in [-0.39, 0.29) is 6.10 Å². The highest BCUT2D eigenvalue weighted by atomic mass is 16.5. The van der Waals surface area contributed by atoms with Gasteiger partial charge in [-0.25, -0.2) is 9.97 Å². The van der Waals surface area contributed by atoms with E-state index in [9.17, 15) is 0 Å². The Morgan fingerprint density at radius 3 is 2.39 bits per heavy atom. The molecule has 1 aromatic heterocycles. The molecule has 6 heteroatoms. The van der Waals surface area contributed by atoms with Crippen LogP contribution in [-0.2, 0) is 9.47 Å². The molecule has 0 saturated carbocycles. The lowest BCUT2D eigenvalue weighted by Crippen LogP contribution is -2.27. The zero-order valence-corrected chi connectivity index (χ0v) is 11.7. The van der Waals surface area contributed by atoms with Gasteiger partial charge >= 0.3 is 0 Å². The topological polar surface area (TPSA) is 68.3 Å². The fraction of sp³-hybridized carbons (Fsp3) is 0.667. The third kappa shape index (κ3) is 3.82. The van der Waals surface area contributed by atoms with Crippen LogP contribution in [0.3, 0.4) is 0 Å². The summed E-state index contributed by atoms with van der Waals surface area (Å²) in [5.74, 6) is 2.39. The average molecular weight is 254 g/mol. The maximum absolute atomic E-state index is 5.29. The van der Waals surface area contributed by atoms with Crippen LogP contribution < -0.4 is 10.6 Å². The van der Waals surface area contributed by atoms with Gasteiger partial charge in [0.1, 0.15) is 17.5 Å². The monoisotopic (exact) mass is 254 g/mol. The summed E-state index contributed by atoms with van der Waals surface area (Å²) in [6.45, 7) is 5.04. The number of ether oxygens (including phenoxy) is 2. The van der Waals surface area contributed by atoms with Crippen molar-refractivity contribution in [3.63, 3.8) is 0 Å². The molecule has 0 saturated heterocycles. The van der Waals surface area contributed by atoms with Crippen LogP contribution in [-0.4, -0.2) is 50.5 Å². The number of rotatable bonds is 7. The van der Waals surface area contributed by atoms with Gasteiger partial charge in [0.15, 0.2) is 0 Å². The molecule has 18 heavy (non-hydrogen) atoms. The van der Waals surface area contributed by atoms with Crippen LogP contribution in [0.5, 0.6) is 0 Å². The minimum atomic E-state index is 0.00251. The predicted octanol–water partition coefficient (Wildman–Crippen LogP) is 1.21. The second-order valence-corrected chi connectivity index (χ2v) is 4.04. The molecule has 0 radical (unpaired) electrons. The lowest BCUT2D eigenvalue weighted by molar-refractivity contribution is 0.0365. The summed E-state index contributed by atoms with van der Waals surface area (Å²) in [5, 5.41) is 6.32. The van der Waals surface area contributed by atoms with E-state index in [1.807, 2.05) is 20.9 Å². The van der Waals surface area contributed by atoms with E-state index in [2.05, 4.69) is 20.6 Å². The smallest absolute Gasteiger partial charge is 0.134 e. The number of aryl methyl sites for hydroxylation is 1. The van der Waals surface area contributed by atoms with E-state index in [1.54, 1.807) is 14.2 Å². The molecular weight excluding hydrogens is 232 g/mol. The Hall–Kier alpha value is -1.40. The Labute approximate surface area is 108 Å². The summed E-state index contributed by atoms with van der Waals surface area (Å²) in [5.41, 5.74) is 0.996. The predicted molar refractivity (Wildman–Crippen MR) is 72.2 cm³/mol. The normalized spacial score (nSPS) is 12.3. The number of hydrogen-bond acceptors (Lipinski definition) is 6. The largest absolute Gasteiger partial charge is 0.382 e. The first-order valence-corrected chi connectivity index (χ1v) is 5.91. The molecule has 0 amide bonds. The number of aromatic nitrogens is 2. The molecule has 0 aliphatic rings. The highest BCUT2D eigenvalue weighted by Crippen LogP contribution is 2.19. The average Bonchev–Trinajstić information content (AvgIpc) is 2.37. The van der Waals surface area contributed by atoms with E-state index >= 15 is 0 Å². The van der Waals surface area contributed by atoms with Crippen LogP contribution in [0.1, 0.15) is 11.4 Å². The Morgan fingerprint density at radius 2 is 1.83 bits per heavy atom. The van der Waals surface area contributed by atoms with Gasteiger partial charge in [-0.1, -0.05) is 0 Å². The van der Waals surface area contributed by atoms with Gasteiger partial charge in [0, 0.05) is 33.4 Å². The number of nitrogens with one attached hydrogen (secondary N) is 2. The minimum Gasteiger partial charge on any atom is -0.382 e. The molecule has 102 valence electrons. The van der Waals surface area contributed by atoms with E-state index in [4.69, 9.17) is 9.47 Å². The van der Waals surface area contributed by atoms with Crippen LogP contribution in [0.2, 0.25) is 0 Å². The SMILES string of the molecule is CNc1nc(C)nc(NCC(COC)OC)c1C. The first-order chi connectivity index (χ1) is 8.62. The van der Waals surface area contributed by atoms with E-state index in [0.29, 0.717) is 13.2 Å². The van der Waals surface area contributed by atoms with Crippen LogP contribution in [0.4, 0.5) is 11.6 Å². The zero-order chi connectivity index (χ0) is 13.5. The summed E-state index contributed by atoms with van der Waals surface area (Å²) >= 11 is 0. The lowest BCUT2D eigenvalue weighted by atomic mass is 10.3. The molecule has 0 fully saturated rings. The number of anilines is 2. The third-order valence-corrected chi connectivity index (χ3v) is 2.68. The Bertz CT molecular complexity index is 385. The number of hydrogen-bond donors (Lipinski definition) is 2. The van der Waals surface area contributed by atoms with Gasteiger partial charge in [0.2, 0.25) is 0 Å². The molecule has 1 aromatic rings. The standard InChI is InChI=1S/C12H22N4O2/c1-8-11(13-3)15-9(2)16-12(8)14-6-10(18-5)7-17-4/h10H,6-7H2,1-5H3,(H2,13,14,15,16). The van der Waals surface area contributed by atoms with Gasteiger partial charge < -0.3 is 20.1 Å². The molecule has 1 heterocycles. The molecule has 0 aliphatic carbocycles. The van der Waals surface area contributed by atoms with Crippen LogP contribution >= 0.6 is 0 Å². The summed E-state index contributed by atoms with van der Waals surface area (Å²) < 4.78 is 10.4. The van der Waals surface area contributed by atoms with Gasteiger partial charge in [-0.15, -0.1) is 0 Å². The summed E-state index contributed by atoms with van der Waals surface area (Å²) in [6.07, 6.45) is 0.00251. The minimum absolute atomic E-state index is 0.00251. The third-order valence-electron chi connectivity index (χ3n) is 2.68. The first-order valence-electron chi connectivity index (χ1n) is 5.91. The van der Waals surface area contributed by atoms with Gasteiger partial charge in [-0.05, 0) is 13.8 Å². The van der Waals surface area contributed by atoms with Gasteiger partial charge in [0.25, 0.3) is 0 Å². The highest BCUT2D eigenvalue weighted by molar-refractivity contribution is 5.56. The highest BCUT2D eigenvalue weighted by Gasteiger charge is 2.11. The van der Waals surface area contributed by atoms with Crippen molar-refractivity contribution in [3.05, 3.63) is 11.4 Å². The summed E-state index contributed by atoms with van der Waals surface area (Å²) in [7, 11) is 5.18. The second-order valence-electron chi connectivity index (χ2n) is 4.04. The van der Waals surface area contributed by atoms with Gasteiger partial charge in [-0.3, -0.25) is 0 Å². The quantitative estimate of drug-likeness (QED) is 0.762. The molecule has 1 rings (SSSR count). The molecule has 0 spiro atoms. The van der Waals surface area contributed by atoms with E-state index in [1.165, 1.54) is 0 Å². The van der Waals surface area contributed by atoms with Gasteiger partial charge in [-0.2, -0.15) is 0 Å². The Balaban J connectivity index is 2.74. The van der Waals surface area contributed by atoms with Crippen molar-refractivity contribution in [3.8, 4) is 0 Å². The maximum Gasteiger partial charge on any atom is 0.134 e. The van der Waals surface area contributed by atoms with Crippen LogP contribution in [0.15, 0.2) is 0 Å². The Kier molecular flexibility index (Phi) is 5.80. The molecule has 0 bridgehead atoms. The molecule has 6 nitrogen and oxygen atoms in total. The molecule has 2 N–H and O–H groups in total. The van der Waals surface area contributed by atoms with Crippen molar-refractivity contribution in [2.45, 2.75) is 20.0 Å². The number of methoxy groups -OCH3 is 2. The van der Waals surface area contributed by atoms with Crippen molar-refractivity contribution in [1.82, 2.24) is 9.97 Å². The zero-order valence-electron chi connectivity index (χ0n) is 11.7. The molecule has 0 aliphatic heterocycles. The lowest BCUT2D eigenvalue weighted by Gasteiger charge is -2.17. The van der Waals surface area contributed by atoms with Crippen molar-refractivity contribution < 1.29 is 9.47 Å². The fourth-order valence-corrected chi connectivity index (χ4v) is 1.65. The summed E-state index contributed by atoms with van der Waals surface area (Å²) in [4.78, 5) is 8.71. The van der Waals surface area contributed by atoms with Crippen LogP contribution in [0.25, 0.3) is 0 Å². The second kappa shape index (κ2) is 7.13. The van der Waals surface area contributed by atoms with E-state index < -0.39 is 0 Å². The fourth-order valence-electron chi connectivity index (χ4n) is 1.65. The maximum atomic E-state index is 5.29. The molecule has 1 unspecified atom stereocenters. The van der Waals surface area contributed by atoms with Crippen molar-refractivity contribution in [2.24, 2.45) is 0 Å². The summed E-state index contributed by atoms with van der Waals surface area (Å²) in [6, 6.07) is 0. The number of nitrogens with zero attached hydrogens (tertiary/aromatic N) is 2. The Morgan fingerprint density at radius 1 is 1.17 bits per heavy atom. The molecule has 0 aromatic carbocycles. The van der Waals surface area contributed by atoms with E-state index in [0.717, 1.165) is 23.0 Å². The van der Waals surface area contributed by atoms with Gasteiger partial charge in [0.05, 0.1) is 12.7 Å². The van der Waals surface area contributed by atoms with Crippen molar-refractivity contribution >= 4 is 11.6 Å². The van der Waals surface area contributed by atoms with Crippen LogP contribution in [0, 0.1) is 13.8 Å².